The number of rotatable bonds is 3. The molecular formula is C21H32O2S. The number of thioether (sulfide) groups is 1. The van der Waals surface area contributed by atoms with Gasteiger partial charge in [-0.3, -0.25) is 4.79 Å². The fraction of sp³-hybridized carbons (Fsp3) is 0.857. The van der Waals surface area contributed by atoms with E-state index in [0.29, 0.717) is 17.3 Å². The van der Waals surface area contributed by atoms with E-state index in [1.165, 1.54) is 37.9 Å². The zero-order valence-electron chi connectivity index (χ0n) is 15.4. The van der Waals surface area contributed by atoms with Crippen LogP contribution in [0.4, 0.5) is 0 Å². The van der Waals surface area contributed by atoms with Crippen LogP contribution in [0.5, 0.6) is 0 Å². The van der Waals surface area contributed by atoms with E-state index in [0.717, 1.165) is 25.2 Å². The molecular weight excluding hydrogens is 316 g/mol. The van der Waals surface area contributed by atoms with Crippen LogP contribution >= 0.6 is 11.8 Å². The van der Waals surface area contributed by atoms with E-state index in [2.05, 4.69) is 19.3 Å². The molecule has 6 atom stereocenters. The Labute approximate surface area is 150 Å². The van der Waals surface area contributed by atoms with Crippen molar-refractivity contribution in [3.8, 4) is 0 Å². The number of carbonyl (C=O) groups is 1. The van der Waals surface area contributed by atoms with Crippen molar-refractivity contribution < 1.29 is 9.90 Å². The first kappa shape index (κ1) is 17.0. The molecule has 0 aromatic carbocycles. The van der Waals surface area contributed by atoms with Gasteiger partial charge in [-0.1, -0.05) is 25.0 Å². The van der Waals surface area contributed by atoms with Gasteiger partial charge >= 0.3 is 5.97 Å². The van der Waals surface area contributed by atoms with Crippen molar-refractivity contribution in [3.05, 3.63) is 11.6 Å². The van der Waals surface area contributed by atoms with Crippen LogP contribution in [-0.4, -0.2) is 23.1 Å². The number of carboxylic acid groups (broad SMARTS) is 1. The van der Waals surface area contributed by atoms with E-state index in [1.54, 1.807) is 5.57 Å². The van der Waals surface area contributed by atoms with Gasteiger partial charge in [0.1, 0.15) is 0 Å². The van der Waals surface area contributed by atoms with E-state index in [1.807, 2.05) is 18.7 Å². The van der Waals surface area contributed by atoms with Crippen LogP contribution < -0.4 is 0 Å². The van der Waals surface area contributed by atoms with E-state index in [-0.39, 0.29) is 5.41 Å². The second-order valence-corrected chi connectivity index (χ2v) is 10.4. The van der Waals surface area contributed by atoms with Crippen LogP contribution in [0, 0.1) is 34.0 Å². The van der Waals surface area contributed by atoms with Gasteiger partial charge in [-0.05, 0) is 86.7 Å². The molecule has 3 heteroatoms. The number of carboxylic acids is 1. The molecule has 0 unspecified atom stereocenters. The van der Waals surface area contributed by atoms with Gasteiger partial charge < -0.3 is 5.11 Å². The second-order valence-electron chi connectivity index (χ2n) is 9.58. The molecule has 5 aliphatic carbocycles. The van der Waals surface area contributed by atoms with Crippen molar-refractivity contribution in [2.24, 2.45) is 34.0 Å². The monoisotopic (exact) mass is 348 g/mol. The van der Waals surface area contributed by atoms with E-state index in [9.17, 15) is 9.90 Å². The van der Waals surface area contributed by atoms with Crippen molar-refractivity contribution in [2.45, 2.75) is 65.2 Å². The molecule has 0 saturated heterocycles. The minimum absolute atomic E-state index is 0.226. The second kappa shape index (κ2) is 5.53. The molecule has 134 valence electrons. The highest BCUT2D eigenvalue weighted by molar-refractivity contribution is 7.98. The van der Waals surface area contributed by atoms with E-state index < -0.39 is 11.4 Å². The van der Waals surface area contributed by atoms with Crippen LogP contribution in [0.15, 0.2) is 11.6 Å². The summed E-state index contributed by atoms with van der Waals surface area (Å²) in [5.74, 6) is 2.51. The molecule has 3 saturated carbocycles. The number of allylic oxidation sites excluding steroid dienone is 1. The average molecular weight is 349 g/mol. The summed E-state index contributed by atoms with van der Waals surface area (Å²) in [5.41, 5.74) is 1.83. The van der Waals surface area contributed by atoms with Crippen LogP contribution in [0.1, 0.15) is 65.2 Å². The highest BCUT2D eigenvalue weighted by Crippen LogP contribution is 2.70. The molecule has 2 nitrogen and oxygen atoms in total. The van der Waals surface area contributed by atoms with Crippen molar-refractivity contribution in [1.82, 2.24) is 0 Å². The molecule has 1 N–H and O–H groups in total. The summed E-state index contributed by atoms with van der Waals surface area (Å²) in [7, 11) is 0. The third kappa shape index (κ3) is 2.12. The summed E-state index contributed by atoms with van der Waals surface area (Å²) in [6, 6.07) is 0. The fourth-order valence-electron chi connectivity index (χ4n) is 7.52. The van der Waals surface area contributed by atoms with Gasteiger partial charge in [-0.25, -0.2) is 0 Å². The first-order valence-corrected chi connectivity index (χ1v) is 11.2. The number of hydrogen-bond acceptors (Lipinski definition) is 2. The summed E-state index contributed by atoms with van der Waals surface area (Å²) in [6.45, 7) is 4.51. The summed E-state index contributed by atoms with van der Waals surface area (Å²) in [5, 5.41) is 9.97. The quantitative estimate of drug-likeness (QED) is 0.695. The molecule has 1 spiro atoms. The Kier molecular flexibility index (Phi) is 3.91. The van der Waals surface area contributed by atoms with Crippen molar-refractivity contribution in [2.75, 3.05) is 12.0 Å². The Balaban J connectivity index is 1.73. The lowest BCUT2D eigenvalue weighted by molar-refractivity contribution is -0.180. The predicted molar refractivity (Wildman–Crippen MR) is 100 cm³/mol. The molecule has 0 aliphatic heterocycles. The molecule has 0 radical (unpaired) electrons. The Morgan fingerprint density at radius 3 is 2.67 bits per heavy atom. The Morgan fingerprint density at radius 2 is 1.96 bits per heavy atom. The molecule has 5 aliphatic rings. The lowest BCUT2D eigenvalue weighted by Crippen LogP contribution is -2.60. The summed E-state index contributed by atoms with van der Waals surface area (Å²) in [6.07, 6.45) is 14.5. The third-order valence-corrected chi connectivity index (χ3v) is 9.26. The summed E-state index contributed by atoms with van der Waals surface area (Å²) in [4.78, 5) is 12.1. The standard InChI is InChI=1S/C21H32O2S/c1-19-7-4-8-20(2,18(22)23)16(19)6-10-21-9-5-14(11-17(19)21)15(12-21)13-24-3/h12,14,16-17H,4-11,13H2,1-3H3,(H,22,23)/t14-,16+,17+,19-,20-,21-/m1/s1. The van der Waals surface area contributed by atoms with E-state index in [4.69, 9.17) is 0 Å². The zero-order valence-corrected chi connectivity index (χ0v) is 16.3. The zero-order chi connectivity index (χ0) is 17.2. The summed E-state index contributed by atoms with van der Waals surface area (Å²) >= 11 is 1.96. The fourth-order valence-corrected chi connectivity index (χ4v) is 8.17. The number of hydrogen-bond donors (Lipinski definition) is 1. The van der Waals surface area contributed by atoms with Crippen LogP contribution in [0.2, 0.25) is 0 Å². The molecule has 0 heterocycles. The minimum Gasteiger partial charge on any atom is -0.481 e. The van der Waals surface area contributed by atoms with Gasteiger partial charge in [0.15, 0.2) is 0 Å². The molecule has 5 rings (SSSR count). The van der Waals surface area contributed by atoms with Gasteiger partial charge in [-0.2, -0.15) is 11.8 Å². The Bertz CT molecular complexity index is 584. The number of aliphatic carboxylic acids is 1. The largest absolute Gasteiger partial charge is 0.481 e. The lowest BCUT2D eigenvalue weighted by Gasteiger charge is -2.66. The van der Waals surface area contributed by atoms with Gasteiger partial charge in [0, 0.05) is 5.75 Å². The van der Waals surface area contributed by atoms with Crippen molar-refractivity contribution in [1.29, 1.82) is 0 Å². The maximum absolute atomic E-state index is 12.1. The predicted octanol–water partition coefficient (Wildman–Crippen LogP) is 5.38. The summed E-state index contributed by atoms with van der Waals surface area (Å²) < 4.78 is 0. The third-order valence-electron chi connectivity index (χ3n) is 8.64. The molecule has 24 heavy (non-hydrogen) atoms. The Morgan fingerprint density at radius 1 is 1.21 bits per heavy atom. The molecule has 0 aromatic heterocycles. The van der Waals surface area contributed by atoms with Gasteiger partial charge in [0.05, 0.1) is 5.41 Å². The van der Waals surface area contributed by atoms with Gasteiger partial charge in [-0.15, -0.1) is 0 Å². The normalized spacial score (nSPS) is 50.0. The van der Waals surface area contributed by atoms with E-state index >= 15 is 0 Å². The smallest absolute Gasteiger partial charge is 0.309 e. The molecule has 3 fully saturated rings. The van der Waals surface area contributed by atoms with Crippen LogP contribution in [0.3, 0.4) is 0 Å². The Hall–Kier alpha value is -0.440. The van der Waals surface area contributed by atoms with Gasteiger partial charge in [0.2, 0.25) is 0 Å². The maximum atomic E-state index is 12.1. The topological polar surface area (TPSA) is 37.3 Å². The highest BCUT2D eigenvalue weighted by Gasteiger charge is 2.64. The highest BCUT2D eigenvalue weighted by atomic mass is 32.2. The maximum Gasteiger partial charge on any atom is 0.309 e. The first-order chi connectivity index (χ1) is 11.4. The average Bonchev–Trinajstić information content (AvgIpc) is 2.55. The molecule has 2 bridgehead atoms. The van der Waals surface area contributed by atoms with Crippen molar-refractivity contribution >= 4 is 17.7 Å². The molecule has 0 amide bonds. The van der Waals surface area contributed by atoms with Crippen LogP contribution in [-0.2, 0) is 4.79 Å². The van der Waals surface area contributed by atoms with Crippen LogP contribution in [0.25, 0.3) is 0 Å². The molecule has 0 aromatic rings. The van der Waals surface area contributed by atoms with Crippen molar-refractivity contribution in [3.63, 3.8) is 0 Å². The van der Waals surface area contributed by atoms with Gasteiger partial charge in [0.25, 0.3) is 0 Å². The SMILES string of the molecule is CSCC1=C[C@]23CC[C@@H]1C[C@H]2[C@]1(C)CCC[C@@](C)(C(=O)O)[C@H]1CC3. The first-order valence-electron chi connectivity index (χ1n) is 9.80. The number of fused-ring (bicyclic) bond motifs is 2. The lowest BCUT2D eigenvalue weighted by atomic mass is 9.38. The minimum atomic E-state index is -0.547.